The Morgan fingerprint density at radius 2 is 1.55 bits per heavy atom. The Labute approximate surface area is 125 Å². The van der Waals surface area contributed by atoms with Gasteiger partial charge in [-0.2, -0.15) is 0 Å². The normalized spacial score (nSPS) is 11.3. The number of pyridine rings is 1. The topological polar surface area (TPSA) is 51.3 Å². The highest BCUT2D eigenvalue weighted by Gasteiger charge is 2.15. The average molecular weight is 303 g/mol. The number of aromatic nitrogens is 1. The van der Waals surface area contributed by atoms with Crippen LogP contribution >= 0.6 is 0 Å². The fourth-order valence-corrected chi connectivity index (χ4v) is 2.67. The number of nitrogens with two attached hydrogens (primary N) is 1. The van der Waals surface area contributed by atoms with E-state index in [2.05, 4.69) is 0 Å². The minimum Gasteiger partial charge on any atom is -0.396 e. The molecule has 3 rings (SSSR count). The zero-order valence-electron chi connectivity index (χ0n) is 12.4. The summed E-state index contributed by atoms with van der Waals surface area (Å²) < 4.78 is 29.5. The lowest BCUT2D eigenvalue weighted by molar-refractivity contribution is 0.627. The van der Waals surface area contributed by atoms with Crippen LogP contribution in [0.3, 0.4) is 0 Å². The lowest BCUT2D eigenvalue weighted by atomic mass is 10.1. The van der Waals surface area contributed by atoms with Gasteiger partial charge in [0.2, 0.25) is 0 Å². The molecule has 0 aliphatic carbocycles. The summed E-state index contributed by atoms with van der Waals surface area (Å²) in [5, 5.41) is 0.390. The summed E-state index contributed by atoms with van der Waals surface area (Å²) in [5.74, 6) is -1.15. The molecule has 6 heteroatoms. The minimum absolute atomic E-state index is 0.0307. The van der Waals surface area contributed by atoms with Crippen molar-refractivity contribution < 1.29 is 8.78 Å². The van der Waals surface area contributed by atoms with Gasteiger partial charge in [-0.25, -0.2) is 8.78 Å². The van der Waals surface area contributed by atoms with Gasteiger partial charge in [0.05, 0.1) is 22.4 Å². The van der Waals surface area contributed by atoms with Gasteiger partial charge in [0, 0.05) is 31.9 Å². The predicted octanol–water partition coefficient (Wildman–Crippen LogP) is 2.62. The average Bonchev–Trinajstić information content (AvgIpc) is 2.46. The first-order valence-electron chi connectivity index (χ1n) is 6.69. The van der Waals surface area contributed by atoms with Crippen molar-refractivity contribution in [3.63, 3.8) is 0 Å². The van der Waals surface area contributed by atoms with Crippen molar-refractivity contribution in [2.45, 2.75) is 0 Å². The number of aryl methyl sites for hydroxylation is 1. The van der Waals surface area contributed by atoms with Crippen molar-refractivity contribution >= 4 is 33.2 Å². The largest absolute Gasteiger partial charge is 0.396 e. The van der Waals surface area contributed by atoms with Crippen molar-refractivity contribution in [1.82, 2.24) is 4.57 Å². The first kappa shape index (κ1) is 14.3. The lowest BCUT2D eigenvalue weighted by Crippen LogP contribution is -2.14. The molecule has 0 unspecified atom stereocenters. The van der Waals surface area contributed by atoms with E-state index in [-0.39, 0.29) is 16.5 Å². The third-order valence-electron chi connectivity index (χ3n) is 3.87. The molecule has 114 valence electrons. The molecule has 3 aromatic rings. The summed E-state index contributed by atoms with van der Waals surface area (Å²) in [7, 11) is 5.17. The molecular formula is C16H15F2N3O. The van der Waals surface area contributed by atoms with Gasteiger partial charge in [-0.3, -0.25) is 4.79 Å². The van der Waals surface area contributed by atoms with Crippen LogP contribution in [0, 0.1) is 11.6 Å². The molecule has 0 atom stereocenters. The van der Waals surface area contributed by atoms with Gasteiger partial charge in [0.25, 0.3) is 0 Å². The molecule has 1 aromatic heterocycles. The van der Waals surface area contributed by atoms with E-state index in [9.17, 15) is 13.6 Å². The quantitative estimate of drug-likeness (QED) is 0.555. The SMILES string of the molecule is CN(C)c1cc2c(cc1F)c(=O)c1cc(F)c(N)cc1n2C. The Hall–Kier alpha value is -2.63. The maximum Gasteiger partial charge on any atom is 0.197 e. The second kappa shape index (κ2) is 4.69. The molecule has 0 aliphatic rings. The van der Waals surface area contributed by atoms with E-state index in [1.807, 2.05) is 0 Å². The van der Waals surface area contributed by atoms with Crippen molar-refractivity contribution in [3.05, 3.63) is 46.1 Å². The van der Waals surface area contributed by atoms with Crippen LogP contribution in [0.15, 0.2) is 29.1 Å². The zero-order valence-corrected chi connectivity index (χ0v) is 12.4. The Morgan fingerprint density at radius 3 is 2.14 bits per heavy atom. The first-order valence-corrected chi connectivity index (χ1v) is 6.69. The number of anilines is 2. The number of benzene rings is 2. The molecule has 1 heterocycles. The Kier molecular flexibility index (Phi) is 3.05. The highest BCUT2D eigenvalue weighted by atomic mass is 19.1. The maximum absolute atomic E-state index is 14.1. The van der Waals surface area contributed by atoms with Crippen LogP contribution in [0.2, 0.25) is 0 Å². The van der Waals surface area contributed by atoms with E-state index in [1.165, 1.54) is 12.1 Å². The van der Waals surface area contributed by atoms with Gasteiger partial charge >= 0.3 is 0 Å². The van der Waals surface area contributed by atoms with E-state index >= 15 is 0 Å². The maximum atomic E-state index is 14.1. The fourth-order valence-electron chi connectivity index (χ4n) is 2.67. The molecule has 0 fully saturated rings. The Morgan fingerprint density at radius 1 is 1.00 bits per heavy atom. The minimum atomic E-state index is -0.658. The number of fused-ring (bicyclic) bond motifs is 2. The smallest absolute Gasteiger partial charge is 0.197 e. The molecule has 0 radical (unpaired) electrons. The number of hydrogen-bond acceptors (Lipinski definition) is 3. The van der Waals surface area contributed by atoms with Crippen molar-refractivity contribution in [2.75, 3.05) is 24.7 Å². The molecule has 0 spiro atoms. The Balaban J connectivity index is 2.56. The van der Waals surface area contributed by atoms with Gasteiger partial charge in [-0.1, -0.05) is 0 Å². The molecule has 0 saturated heterocycles. The Bertz CT molecular complexity index is 977. The van der Waals surface area contributed by atoms with Crippen LogP contribution in [-0.2, 0) is 7.05 Å². The molecular weight excluding hydrogens is 288 g/mol. The summed E-state index contributed by atoms with van der Waals surface area (Å²) in [6.45, 7) is 0. The second-order valence-corrected chi connectivity index (χ2v) is 5.49. The second-order valence-electron chi connectivity index (χ2n) is 5.49. The zero-order chi connectivity index (χ0) is 16.2. The first-order chi connectivity index (χ1) is 10.3. The number of halogens is 2. The molecule has 2 N–H and O–H groups in total. The van der Waals surface area contributed by atoms with Crippen LogP contribution in [0.4, 0.5) is 20.2 Å². The van der Waals surface area contributed by atoms with Crippen LogP contribution in [0.1, 0.15) is 0 Å². The van der Waals surface area contributed by atoms with E-state index in [0.717, 1.165) is 6.07 Å². The van der Waals surface area contributed by atoms with E-state index in [0.29, 0.717) is 16.7 Å². The summed E-state index contributed by atoms with van der Waals surface area (Å²) in [6.07, 6.45) is 0. The van der Waals surface area contributed by atoms with E-state index < -0.39 is 17.1 Å². The van der Waals surface area contributed by atoms with Gasteiger partial charge in [-0.05, 0) is 24.3 Å². The standard InChI is InChI=1S/C16H15F2N3O/c1-20(2)15-7-14-9(5-11(15)18)16(22)8-4-10(17)12(19)6-13(8)21(14)3/h4-7H,19H2,1-3H3. The van der Waals surface area contributed by atoms with E-state index in [1.54, 1.807) is 36.7 Å². The molecule has 0 amide bonds. The van der Waals surface area contributed by atoms with Crippen molar-refractivity contribution in [1.29, 1.82) is 0 Å². The van der Waals surface area contributed by atoms with Crippen LogP contribution in [0.5, 0.6) is 0 Å². The molecule has 0 saturated carbocycles. The number of nitrogens with zero attached hydrogens (tertiary/aromatic N) is 2. The number of nitrogen functional groups attached to an aromatic ring is 1. The molecule has 0 bridgehead atoms. The van der Waals surface area contributed by atoms with Gasteiger partial charge in [0.15, 0.2) is 5.43 Å². The van der Waals surface area contributed by atoms with Gasteiger partial charge in [0.1, 0.15) is 11.6 Å². The third kappa shape index (κ3) is 1.91. The summed E-state index contributed by atoms with van der Waals surface area (Å²) in [6, 6.07) is 5.32. The fraction of sp³-hybridized carbons (Fsp3) is 0.188. The monoisotopic (exact) mass is 303 g/mol. The van der Waals surface area contributed by atoms with Gasteiger partial charge < -0.3 is 15.2 Å². The number of hydrogen-bond donors (Lipinski definition) is 1. The molecule has 2 aromatic carbocycles. The lowest BCUT2D eigenvalue weighted by Gasteiger charge is -2.17. The number of rotatable bonds is 1. The molecule has 22 heavy (non-hydrogen) atoms. The highest BCUT2D eigenvalue weighted by Crippen LogP contribution is 2.27. The third-order valence-corrected chi connectivity index (χ3v) is 3.87. The van der Waals surface area contributed by atoms with Crippen LogP contribution in [0.25, 0.3) is 21.8 Å². The summed E-state index contributed by atoms with van der Waals surface area (Å²) in [5.41, 5.74) is 6.59. The molecule has 0 aliphatic heterocycles. The molecule has 4 nitrogen and oxygen atoms in total. The van der Waals surface area contributed by atoms with Crippen molar-refractivity contribution in [2.24, 2.45) is 7.05 Å². The predicted molar refractivity (Wildman–Crippen MR) is 85.4 cm³/mol. The van der Waals surface area contributed by atoms with Crippen LogP contribution < -0.4 is 16.1 Å². The highest BCUT2D eigenvalue weighted by molar-refractivity contribution is 5.96. The van der Waals surface area contributed by atoms with E-state index in [4.69, 9.17) is 5.73 Å². The van der Waals surface area contributed by atoms with Crippen molar-refractivity contribution in [3.8, 4) is 0 Å². The van der Waals surface area contributed by atoms with Crippen LogP contribution in [-0.4, -0.2) is 18.7 Å². The van der Waals surface area contributed by atoms with Gasteiger partial charge in [-0.15, -0.1) is 0 Å². The summed E-state index contributed by atoms with van der Waals surface area (Å²) in [4.78, 5) is 14.2. The summed E-state index contributed by atoms with van der Waals surface area (Å²) >= 11 is 0.